The van der Waals surface area contributed by atoms with Gasteiger partial charge in [-0.2, -0.15) is 10.2 Å². The van der Waals surface area contributed by atoms with Gasteiger partial charge in [0.25, 0.3) is 11.4 Å². The first kappa shape index (κ1) is 18.1. The summed E-state index contributed by atoms with van der Waals surface area (Å²) in [6, 6.07) is 10.8. The maximum absolute atomic E-state index is 10.4. The van der Waals surface area contributed by atoms with Crippen LogP contribution in [0.4, 0.5) is 17.1 Å². The lowest BCUT2D eigenvalue weighted by Crippen LogP contribution is -1.97. The molecular weight excluding hydrogens is 350 g/mol. The fourth-order valence-corrected chi connectivity index (χ4v) is 1.90. The lowest BCUT2D eigenvalue weighted by molar-refractivity contribution is -0.404. The van der Waals surface area contributed by atoms with Crippen molar-refractivity contribution >= 4 is 28.0 Å². The Hall–Kier alpha value is -4.22. The Balaban J connectivity index is 0.000000206. The van der Waals surface area contributed by atoms with Crippen molar-refractivity contribution in [1.82, 2.24) is 10.2 Å². The second kappa shape index (κ2) is 7.57. The van der Waals surface area contributed by atoms with E-state index in [0.29, 0.717) is 12.1 Å². The molecule has 1 heterocycles. The topological polar surface area (TPSA) is 175 Å². The number of aromatic nitrogens is 2. The van der Waals surface area contributed by atoms with Gasteiger partial charge in [0, 0.05) is 5.39 Å². The van der Waals surface area contributed by atoms with Gasteiger partial charge >= 0.3 is 11.4 Å². The maximum Gasteiger partial charge on any atom is 0.324 e. The first-order valence-electron chi connectivity index (χ1n) is 6.78. The predicted octanol–water partition coefficient (Wildman–Crippen LogP) is 2.75. The summed E-state index contributed by atoms with van der Waals surface area (Å²) < 4.78 is 0. The fourth-order valence-electron chi connectivity index (χ4n) is 1.90. The van der Waals surface area contributed by atoms with Crippen LogP contribution in [0, 0.1) is 30.3 Å². The second-order valence-corrected chi connectivity index (χ2v) is 4.69. The normalized spacial score (nSPS) is 9.85. The number of rotatable bonds is 3. The molecule has 2 aromatic carbocycles. The van der Waals surface area contributed by atoms with E-state index in [1.807, 2.05) is 30.3 Å². The van der Waals surface area contributed by atoms with Crippen molar-refractivity contribution in [1.29, 1.82) is 0 Å². The van der Waals surface area contributed by atoms with Gasteiger partial charge in [-0.25, -0.2) is 0 Å². The minimum atomic E-state index is -1.21. The molecule has 0 unspecified atom stereocenters. The SMILES string of the molecule is O=[N+]([O-])c1cc([N+](=O)[O-])c(O)c([N+](=O)[O-])c1.c1ccc2nnccc2c1. The Morgan fingerprint density at radius 2 is 1.42 bits per heavy atom. The number of aromatic hydroxyl groups is 1. The molecule has 12 nitrogen and oxygen atoms in total. The van der Waals surface area contributed by atoms with Gasteiger partial charge in [0.2, 0.25) is 0 Å². The number of nitro benzene ring substituents is 3. The summed E-state index contributed by atoms with van der Waals surface area (Å²) in [5, 5.41) is 49.0. The zero-order valence-electron chi connectivity index (χ0n) is 12.8. The maximum atomic E-state index is 10.4. The van der Waals surface area contributed by atoms with Gasteiger partial charge < -0.3 is 5.11 Å². The predicted molar refractivity (Wildman–Crippen MR) is 87.6 cm³/mol. The Labute approximate surface area is 143 Å². The molecule has 0 spiro atoms. The van der Waals surface area contributed by atoms with Gasteiger partial charge in [-0.15, -0.1) is 0 Å². The lowest BCUT2D eigenvalue weighted by Gasteiger charge is -1.97. The molecule has 0 aliphatic heterocycles. The summed E-state index contributed by atoms with van der Waals surface area (Å²) in [5.74, 6) is -1.21. The van der Waals surface area contributed by atoms with Gasteiger partial charge in [-0.1, -0.05) is 18.2 Å². The van der Waals surface area contributed by atoms with Crippen LogP contribution in [0.3, 0.4) is 0 Å². The molecule has 0 atom stereocenters. The quantitative estimate of drug-likeness (QED) is 0.544. The number of non-ortho nitro benzene ring substituents is 1. The molecule has 0 fully saturated rings. The van der Waals surface area contributed by atoms with Crippen molar-refractivity contribution < 1.29 is 19.9 Å². The Kier molecular flexibility index (Phi) is 5.27. The average molecular weight is 359 g/mol. The smallest absolute Gasteiger partial charge is 0.324 e. The van der Waals surface area contributed by atoms with Gasteiger partial charge in [0.15, 0.2) is 0 Å². The first-order valence-corrected chi connectivity index (χ1v) is 6.78. The summed E-state index contributed by atoms with van der Waals surface area (Å²) in [4.78, 5) is 27.8. The molecule has 0 bridgehead atoms. The van der Waals surface area contributed by atoms with Crippen LogP contribution < -0.4 is 0 Å². The molecular formula is C14H9N5O7. The van der Waals surface area contributed by atoms with Crippen LogP contribution >= 0.6 is 0 Å². The van der Waals surface area contributed by atoms with Crippen molar-refractivity contribution in [3.05, 3.63) is 79.0 Å². The van der Waals surface area contributed by atoms with E-state index in [0.717, 1.165) is 10.9 Å². The van der Waals surface area contributed by atoms with E-state index in [1.54, 1.807) is 6.20 Å². The van der Waals surface area contributed by atoms with Gasteiger partial charge in [0.1, 0.15) is 0 Å². The third kappa shape index (κ3) is 4.00. The highest BCUT2D eigenvalue weighted by Gasteiger charge is 2.30. The average Bonchev–Trinajstić information content (AvgIpc) is 2.61. The van der Waals surface area contributed by atoms with Crippen LogP contribution in [0.1, 0.15) is 0 Å². The molecule has 1 N–H and O–H groups in total. The standard InChI is InChI=1S/C8H6N2.C6H3N3O7/c1-2-4-8-7(3-1)5-6-9-10-8;10-6-4(8(13)14)1-3(7(11)12)2-5(6)9(15)16/h1-6H;1-2,10H. The number of hydrogen-bond acceptors (Lipinski definition) is 9. The number of fused-ring (bicyclic) bond motifs is 1. The fraction of sp³-hybridized carbons (Fsp3) is 0. The largest absolute Gasteiger partial charge is 0.497 e. The van der Waals surface area contributed by atoms with Crippen LogP contribution in [0.5, 0.6) is 5.75 Å². The third-order valence-electron chi connectivity index (χ3n) is 3.08. The van der Waals surface area contributed by atoms with E-state index < -0.39 is 37.6 Å². The number of phenols is 1. The molecule has 0 amide bonds. The summed E-state index contributed by atoms with van der Waals surface area (Å²) in [5.41, 5.74) is -2.05. The highest BCUT2D eigenvalue weighted by atomic mass is 16.6. The Morgan fingerprint density at radius 3 is 1.92 bits per heavy atom. The Morgan fingerprint density at radius 1 is 0.846 bits per heavy atom. The minimum absolute atomic E-state index is 0.447. The number of hydrogen-bond donors (Lipinski definition) is 1. The number of phenolic OH excluding ortho intramolecular Hbond substituents is 1. The van der Waals surface area contributed by atoms with E-state index in [9.17, 15) is 30.3 Å². The van der Waals surface area contributed by atoms with Crippen molar-refractivity contribution in [3.63, 3.8) is 0 Å². The third-order valence-corrected chi connectivity index (χ3v) is 3.08. The van der Waals surface area contributed by atoms with Crippen LogP contribution in [0.15, 0.2) is 48.7 Å². The second-order valence-electron chi connectivity index (χ2n) is 4.69. The van der Waals surface area contributed by atoms with Gasteiger partial charge in [0.05, 0.1) is 38.6 Å². The monoisotopic (exact) mass is 359 g/mol. The zero-order chi connectivity index (χ0) is 19.3. The van der Waals surface area contributed by atoms with Crippen LogP contribution in [0.25, 0.3) is 10.9 Å². The molecule has 0 aliphatic rings. The zero-order valence-corrected chi connectivity index (χ0v) is 12.8. The molecule has 0 saturated heterocycles. The highest BCUT2D eigenvalue weighted by molar-refractivity contribution is 5.77. The molecule has 0 aliphatic carbocycles. The molecule has 12 heteroatoms. The molecule has 26 heavy (non-hydrogen) atoms. The summed E-state index contributed by atoms with van der Waals surface area (Å²) >= 11 is 0. The number of nitro groups is 3. The van der Waals surface area contributed by atoms with Gasteiger partial charge in [-0.05, 0) is 12.1 Å². The van der Waals surface area contributed by atoms with Gasteiger partial charge in [-0.3, -0.25) is 30.3 Å². The van der Waals surface area contributed by atoms with Crippen molar-refractivity contribution in [2.75, 3.05) is 0 Å². The molecule has 3 aromatic rings. The first-order chi connectivity index (χ1) is 12.3. The molecule has 0 radical (unpaired) electrons. The summed E-state index contributed by atoms with van der Waals surface area (Å²) in [6.07, 6.45) is 1.70. The van der Waals surface area contributed by atoms with Crippen LogP contribution in [0.2, 0.25) is 0 Å². The molecule has 0 saturated carbocycles. The number of benzene rings is 2. The minimum Gasteiger partial charge on any atom is -0.497 e. The lowest BCUT2D eigenvalue weighted by atomic mass is 10.2. The van der Waals surface area contributed by atoms with E-state index in [1.165, 1.54) is 0 Å². The van der Waals surface area contributed by atoms with Crippen molar-refractivity contribution in [3.8, 4) is 5.75 Å². The highest BCUT2D eigenvalue weighted by Crippen LogP contribution is 2.38. The van der Waals surface area contributed by atoms with E-state index in [2.05, 4.69) is 10.2 Å². The van der Waals surface area contributed by atoms with E-state index >= 15 is 0 Å². The van der Waals surface area contributed by atoms with E-state index in [4.69, 9.17) is 5.11 Å². The van der Waals surface area contributed by atoms with Crippen molar-refractivity contribution in [2.24, 2.45) is 0 Å². The summed E-state index contributed by atoms with van der Waals surface area (Å²) in [6.45, 7) is 0. The Bertz CT molecular complexity index is 907. The van der Waals surface area contributed by atoms with Crippen LogP contribution in [-0.2, 0) is 0 Å². The molecule has 3 rings (SSSR count). The number of nitrogens with zero attached hydrogens (tertiary/aromatic N) is 5. The van der Waals surface area contributed by atoms with E-state index in [-0.39, 0.29) is 0 Å². The molecule has 132 valence electrons. The molecule has 1 aromatic heterocycles. The summed E-state index contributed by atoms with van der Waals surface area (Å²) in [7, 11) is 0. The van der Waals surface area contributed by atoms with Crippen molar-refractivity contribution in [2.45, 2.75) is 0 Å². The van der Waals surface area contributed by atoms with Crippen LogP contribution in [-0.4, -0.2) is 30.1 Å².